The molecule has 0 fully saturated rings. The predicted molar refractivity (Wildman–Crippen MR) is 139 cm³/mol. The number of phenols is 1. The fraction of sp³-hybridized carbons (Fsp3) is 0.462. The summed E-state index contributed by atoms with van der Waals surface area (Å²) >= 11 is 0. The molecule has 3 aliphatic carbocycles. The van der Waals surface area contributed by atoms with Crippen LogP contribution >= 0.6 is 0 Å². The number of hydrogen-bond acceptors (Lipinski definition) is 11. The maximum atomic E-state index is 13.9. The van der Waals surface area contributed by atoms with Crippen molar-refractivity contribution in [1.29, 1.82) is 0 Å². The van der Waals surface area contributed by atoms with Gasteiger partial charge in [-0.05, 0) is 51.4 Å². The molecule has 210 valence electrons. The number of nitrogens with zero attached hydrogens (tertiary/aromatic N) is 2. The number of allylic oxidation sites excluding steroid dienone is 1. The first-order valence-electron chi connectivity index (χ1n) is 12.3. The number of benzene rings is 1. The Kier molecular flexibility index (Phi) is 6.86. The Bertz CT molecular complexity index is 1360. The van der Waals surface area contributed by atoms with E-state index in [4.69, 9.17) is 10.5 Å². The van der Waals surface area contributed by atoms with Gasteiger partial charge < -0.3 is 35.8 Å². The molecule has 1 aromatic carbocycles. The third kappa shape index (κ3) is 4.00. The molecule has 0 heterocycles. The summed E-state index contributed by atoms with van der Waals surface area (Å²) in [5.41, 5.74) is 2.07. The number of aliphatic hydroxyl groups is 3. The van der Waals surface area contributed by atoms with Crippen LogP contribution in [0.25, 0.3) is 0 Å². The summed E-state index contributed by atoms with van der Waals surface area (Å²) in [5, 5.41) is 47.4. The molecular formula is C26H32N4O9. The van der Waals surface area contributed by atoms with Crippen molar-refractivity contribution in [3.63, 3.8) is 0 Å². The molecule has 0 unspecified atom stereocenters. The van der Waals surface area contributed by atoms with Gasteiger partial charge >= 0.3 is 6.09 Å². The van der Waals surface area contributed by atoms with Crippen LogP contribution in [0.3, 0.4) is 0 Å². The number of carbonyl (C=O) groups is 4. The molecule has 13 heteroatoms. The molecular weight excluding hydrogens is 512 g/mol. The number of phenolic OH excluding ortho intramolecular Hbond substituents is 1. The van der Waals surface area contributed by atoms with E-state index < -0.39 is 69.9 Å². The summed E-state index contributed by atoms with van der Waals surface area (Å²) in [6.45, 7) is 1.67. The fourth-order valence-corrected chi connectivity index (χ4v) is 6.07. The molecule has 7 N–H and O–H groups in total. The number of Topliss-reactive ketones (excluding diaryl/α,β-unsaturated/α-hetero) is 2. The minimum Gasteiger partial charge on any atom is -0.510 e. The maximum absolute atomic E-state index is 13.9. The summed E-state index contributed by atoms with van der Waals surface area (Å²) in [7, 11) is 6.55. The molecule has 0 saturated heterocycles. The lowest BCUT2D eigenvalue weighted by molar-refractivity contribution is -0.148. The van der Waals surface area contributed by atoms with E-state index in [0.717, 1.165) is 0 Å². The van der Waals surface area contributed by atoms with Gasteiger partial charge in [-0.2, -0.15) is 0 Å². The second kappa shape index (κ2) is 9.58. The first kappa shape index (κ1) is 27.9. The Labute approximate surface area is 224 Å². The van der Waals surface area contributed by atoms with E-state index in [0.29, 0.717) is 11.3 Å². The quantitative estimate of drug-likeness (QED) is 0.225. The number of ether oxygens (including phenoxy) is 1. The van der Waals surface area contributed by atoms with E-state index in [1.165, 1.54) is 11.0 Å². The zero-order chi connectivity index (χ0) is 29.1. The number of hydrogen-bond donors (Lipinski definition) is 6. The lowest BCUT2D eigenvalue weighted by Gasteiger charge is -2.50. The Balaban J connectivity index is 1.95. The average Bonchev–Trinajstić information content (AvgIpc) is 2.82. The van der Waals surface area contributed by atoms with E-state index in [2.05, 4.69) is 5.32 Å². The topological polar surface area (TPSA) is 203 Å². The highest BCUT2D eigenvalue weighted by Crippen LogP contribution is 2.53. The van der Waals surface area contributed by atoms with Crippen LogP contribution in [0.5, 0.6) is 5.75 Å². The molecule has 0 spiro atoms. The zero-order valence-electron chi connectivity index (χ0n) is 22.2. The number of rotatable bonds is 5. The smallest absolute Gasteiger partial charge is 0.411 e. The number of ketones is 2. The van der Waals surface area contributed by atoms with E-state index >= 15 is 0 Å². The van der Waals surface area contributed by atoms with Crippen LogP contribution in [-0.4, -0.2) is 95.3 Å². The minimum absolute atomic E-state index is 0.0256. The van der Waals surface area contributed by atoms with Crippen LogP contribution in [0.1, 0.15) is 29.3 Å². The number of nitrogens with one attached hydrogen (secondary N) is 1. The van der Waals surface area contributed by atoms with Crippen molar-refractivity contribution < 1.29 is 44.3 Å². The highest BCUT2D eigenvalue weighted by Gasteiger charge is 2.63. The Morgan fingerprint density at radius 1 is 1.18 bits per heavy atom. The van der Waals surface area contributed by atoms with Gasteiger partial charge in [0, 0.05) is 31.3 Å². The van der Waals surface area contributed by atoms with Crippen molar-refractivity contribution in [3.8, 4) is 5.75 Å². The molecule has 0 aromatic heterocycles. The molecule has 4 rings (SSSR count). The largest absolute Gasteiger partial charge is 0.510 e. The summed E-state index contributed by atoms with van der Waals surface area (Å²) < 4.78 is 4.88. The summed E-state index contributed by atoms with van der Waals surface area (Å²) in [4.78, 5) is 54.6. The average molecular weight is 545 g/mol. The number of primary amides is 1. The lowest BCUT2D eigenvalue weighted by atomic mass is 9.58. The molecule has 13 nitrogen and oxygen atoms in total. The second-order valence-electron chi connectivity index (χ2n) is 10.3. The van der Waals surface area contributed by atoms with Gasteiger partial charge in [-0.1, -0.05) is 0 Å². The second-order valence-corrected chi connectivity index (χ2v) is 10.3. The molecule has 39 heavy (non-hydrogen) atoms. The number of anilines is 2. The van der Waals surface area contributed by atoms with Crippen LogP contribution in [0.4, 0.5) is 16.2 Å². The van der Waals surface area contributed by atoms with Gasteiger partial charge in [0.1, 0.15) is 17.1 Å². The Morgan fingerprint density at radius 3 is 2.36 bits per heavy atom. The van der Waals surface area contributed by atoms with Gasteiger partial charge in [-0.25, -0.2) is 4.79 Å². The number of nitrogens with two attached hydrogens (primary N) is 1. The van der Waals surface area contributed by atoms with Crippen molar-refractivity contribution in [3.05, 3.63) is 39.9 Å². The zero-order valence-corrected chi connectivity index (χ0v) is 22.2. The predicted octanol–water partition coefficient (Wildman–Crippen LogP) is 0.755. The molecule has 0 bridgehead atoms. The highest BCUT2D eigenvalue weighted by molar-refractivity contribution is 6.25. The minimum atomic E-state index is -2.73. The number of likely N-dealkylation sites (N-methyl/N-ethyl adjacent to an activating group) is 1. The third-order valence-electron chi connectivity index (χ3n) is 7.69. The Hall–Kier alpha value is -4.10. The molecule has 4 atom stereocenters. The molecule has 0 saturated carbocycles. The van der Waals surface area contributed by atoms with Crippen LogP contribution < -0.4 is 16.0 Å². The Morgan fingerprint density at radius 2 is 1.82 bits per heavy atom. The maximum Gasteiger partial charge on any atom is 0.411 e. The van der Waals surface area contributed by atoms with E-state index in [1.54, 1.807) is 40.0 Å². The number of amides is 2. The van der Waals surface area contributed by atoms with Crippen molar-refractivity contribution in [2.75, 3.05) is 45.0 Å². The number of aromatic hydroxyl groups is 1. The third-order valence-corrected chi connectivity index (χ3v) is 7.69. The normalized spacial score (nSPS) is 26.2. The van der Waals surface area contributed by atoms with Crippen LogP contribution in [0, 0.1) is 11.8 Å². The van der Waals surface area contributed by atoms with Gasteiger partial charge in [0.15, 0.2) is 17.1 Å². The molecule has 0 radical (unpaired) electrons. The van der Waals surface area contributed by atoms with Gasteiger partial charge in [0.25, 0.3) is 5.91 Å². The first-order valence-corrected chi connectivity index (χ1v) is 12.3. The van der Waals surface area contributed by atoms with Crippen molar-refractivity contribution in [1.82, 2.24) is 4.90 Å². The number of carbonyl (C=O) groups excluding carboxylic acids is 4. The summed E-state index contributed by atoms with van der Waals surface area (Å²) in [6, 6.07) is 0.417. The van der Waals surface area contributed by atoms with Gasteiger partial charge in [0.2, 0.25) is 5.78 Å². The molecule has 1 aromatic rings. The monoisotopic (exact) mass is 544 g/mol. The van der Waals surface area contributed by atoms with Crippen molar-refractivity contribution in [2.45, 2.75) is 31.4 Å². The molecule has 2 amide bonds. The van der Waals surface area contributed by atoms with Crippen LogP contribution in [0.2, 0.25) is 0 Å². The van der Waals surface area contributed by atoms with E-state index in [1.807, 2.05) is 0 Å². The van der Waals surface area contributed by atoms with Gasteiger partial charge in [0.05, 0.1) is 23.9 Å². The first-order chi connectivity index (χ1) is 18.2. The number of aliphatic hydroxyl groups excluding tert-OH is 2. The van der Waals surface area contributed by atoms with Gasteiger partial charge in [-0.3, -0.25) is 24.6 Å². The van der Waals surface area contributed by atoms with Crippen LogP contribution in [-0.2, 0) is 20.7 Å². The molecule has 3 aliphatic rings. The van der Waals surface area contributed by atoms with Gasteiger partial charge in [-0.15, -0.1) is 0 Å². The van der Waals surface area contributed by atoms with E-state index in [9.17, 15) is 39.6 Å². The SMILES string of the molecule is CCOC(=O)Nc1cc(N(C)C)c2c(c1O)C(=O)C1=C(O)[C@]3(O)C(=O)C(C(N)=O)=C(O)[C@@H](N(C)C)[C@H]3C[C@@H]1C2. The highest BCUT2D eigenvalue weighted by atomic mass is 16.5. The summed E-state index contributed by atoms with van der Waals surface area (Å²) in [6.07, 6.45) is -0.763. The lowest BCUT2D eigenvalue weighted by Crippen LogP contribution is -2.63. The van der Waals surface area contributed by atoms with Crippen LogP contribution in [0.15, 0.2) is 28.7 Å². The van der Waals surface area contributed by atoms with Crippen molar-refractivity contribution >= 4 is 34.9 Å². The van der Waals surface area contributed by atoms with E-state index in [-0.39, 0.29) is 36.3 Å². The van der Waals surface area contributed by atoms with Crippen molar-refractivity contribution in [2.24, 2.45) is 17.6 Å². The fourth-order valence-electron chi connectivity index (χ4n) is 6.07. The summed E-state index contributed by atoms with van der Waals surface area (Å²) in [5.74, 6) is -7.45. The molecule has 0 aliphatic heterocycles. The standard InChI is InChI=1S/C26H32N4O9/c1-6-39-25(37)28-13-9-14(29(2)3)11-7-10-8-12-18(30(4)5)21(33)17(24(27)36)23(35)26(12,38)22(34)15(10)20(32)16(11)19(13)31/h9-10,12,18,31,33-34,38H,6-8H2,1-5H3,(H2,27,36)(H,28,37)/t10-,12+,18-,26-/m0/s1. The number of fused-ring (bicyclic) bond motifs is 3.